The lowest BCUT2D eigenvalue weighted by molar-refractivity contribution is 0.156. The van der Waals surface area contributed by atoms with Crippen LogP contribution in [0.1, 0.15) is 30.1 Å². The third-order valence-corrected chi connectivity index (χ3v) is 2.88. The van der Waals surface area contributed by atoms with Gasteiger partial charge in [0.05, 0.1) is 6.10 Å². The van der Waals surface area contributed by atoms with E-state index in [4.69, 9.17) is 0 Å². The molecule has 0 fully saturated rings. The smallest absolute Gasteiger partial charge is 0.0792 e. The number of hydrogen-bond acceptors (Lipinski definition) is 1. The van der Waals surface area contributed by atoms with Crippen molar-refractivity contribution in [1.29, 1.82) is 0 Å². The highest BCUT2D eigenvalue weighted by Crippen LogP contribution is 2.31. The van der Waals surface area contributed by atoms with Crippen LogP contribution in [0.4, 0.5) is 0 Å². The van der Waals surface area contributed by atoms with Gasteiger partial charge in [0.15, 0.2) is 0 Å². The second-order valence-electron chi connectivity index (χ2n) is 3.25. The van der Waals surface area contributed by atoms with Crippen molar-refractivity contribution < 1.29 is 5.11 Å². The molecule has 2 heteroatoms. The highest BCUT2D eigenvalue weighted by Gasteiger charge is 2.17. The van der Waals surface area contributed by atoms with Gasteiger partial charge in [-0.3, -0.25) is 0 Å². The van der Waals surface area contributed by atoms with Crippen LogP contribution in [0, 0.1) is 0 Å². The van der Waals surface area contributed by atoms with Crippen LogP contribution in [-0.4, -0.2) is 5.11 Å². The second-order valence-corrected chi connectivity index (χ2v) is 4.17. The number of fused-ring (bicyclic) bond motifs is 1. The fourth-order valence-electron chi connectivity index (χ4n) is 1.76. The van der Waals surface area contributed by atoms with Gasteiger partial charge in [-0.15, -0.1) is 0 Å². The highest BCUT2D eigenvalue weighted by molar-refractivity contribution is 9.10. The first-order valence-electron chi connectivity index (χ1n) is 4.24. The zero-order valence-electron chi connectivity index (χ0n) is 6.76. The minimum atomic E-state index is -0.234. The van der Waals surface area contributed by atoms with E-state index in [-0.39, 0.29) is 6.10 Å². The summed E-state index contributed by atoms with van der Waals surface area (Å²) >= 11 is 3.43. The number of halogens is 1. The summed E-state index contributed by atoms with van der Waals surface area (Å²) in [5.74, 6) is 0. The monoisotopic (exact) mass is 226 g/mol. The Morgan fingerprint density at radius 2 is 2.25 bits per heavy atom. The Kier molecular flexibility index (Phi) is 2.20. The van der Waals surface area contributed by atoms with Crippen molar-refractivity contribution in [3.63, 3.8) is 0 Å². The van der Waals surface area contributed by atoms with Crippen LogP contribution in [0.3, 0.4) is 0 Å². The average Bonchev–Trinajstić information content (AvgIpc) is 2.04. The molecule has 64 valence electrons. The van der Waals surface area contributed by atoms with Gasteiger partial charge >= 0.3 is 0 Å². The molecule has 1 atom stereocenters. The topological polar surface area (TPSA) is 20.2 Å². The summed E-state index contributed by atoms with van der Waals surface area (Å²) in [6.45, 7) is 0. The Bertz CT molecular complexity index is 296. The van der Waals surface area contributed by atoms with Gasteiger partial charge in [-0.05, 0) is 42.5 Å². The molecule has 1 aliphatic carbocycles. The Morgan fingerprint density at radius 3 is 3.08 bits per heavy atom. The van der Waals surface area contributed by atoms with Gasteiger partial charge in [0, 0.05) is 4.47 Å². The van der Waals surface area contributed by atoms with Crippen molar-refractivity contribution >= 4 is 15.9 Å². The van der Waals surface area contributed by atoms with Gasteiger partial charge < -0.3 is 5.11 Å². The maximum Gasteiger partial charge on any atom is 0.0792 e. The van der Waals surface area contributed by atoms with Crippen molar-refractivity contribution in [2.75, 3.05) is 0 Å². The first-order valence-corrected chi connectivity index (χ1v) is 5.03. The van der Waals surface area contributed by atoms with Crippen LogP contribution in [0.15, 0.2) is 22.7 Å². The van der Waals surface area contributed by atoms with E-state index in [1.807, 2.05) is 12.1 Å². The van der Waals surface area contributed by atoms with Crippen LogP contribution in [0.2, 0.25) is 0 Å². The van der Waals surface area contributed by atoms with Gasteiger partial charge in [-0.25, -0.2) is 0 Å². The molecule has 1 aliphatic rings. The molecule has 1 N–H and O–H groups in total. The van der Waals surface area contributed by atoms with Gasteiger partial charge in [-0.2, -0.15) is 0 Å². The highest BCUT2D eigenvalue weighted by atomic mass is 79.9. The Morgan fingerprint density at radius 1 is 1.42 bits per heavy atom. The quantitative estimate of drug-likeness (QED) is 0.722. The third kappa shape index (κ3) is 1.41. The zero-order valence-corrected chi connectivity index (χ0v) is 8.34. The minimum absolute atomic E-state index is 0.234. The fraction of sp³-hybridized carbons (Fsp3) is 0.400. The molecule has 0 radical (unpaired) electrons. The maximum absolute atomic E-state index is 9.64. The molecule has 2 rings (SSSR count). The molecule has 1 aromatic rings. The maximum atomic E-state index is 9.64. The van der Waals surface area contributed by atoms with E-state index in [1.54, 1.807) is 0 Å². The molecule has 0 unspecified atom stereocenters. The van der Waals surface area contributed by atoms with E-state index in [1.165, 1.54) is 5.56 Å². The standard InChI is InChI=1S/C10H11BrO/c11-8-4-5-9-7(6-8)2-1-3-10(9)12/h4-6,10,12H,1-3H2/t10-/m0/s1. The Labute approximate surface area is 80.5 Å². The van der Waals surface area contributed by atoms with Crippen molar-refractivity contribution in [2.45, 2.75) is 25.4 Å². The lowest BCUT2D eigenvalue weighted by Gasteiger charge is -2.21. The van der Waals surface area contributed by atoms with E-state index >= 15 is 0 Å². The van der Waals surface area contributed by atoms with Crippen molar-refractivity contribution in [3.8, 4) is 0 Å². The van der Waals surface area contributed by atoms with Gasteiger partial charge in [-0.1, -0.05) is 22.0 Å². The molecule has 0 saturated carbocycles. The van der Waals surface area contributed by atoms with Crippen LogP contribution in [-0.2, 0) is 6.42 Å². The molecule has 0 saturated heterocycles. The first-order chi connectivity index (χ1) is 5.77. The molecule has 12 heavy (non-hydrogen) atoms. The largest absolute Gasteiger partial charge is 0.388 e. The molecule has 0 amide bonds. The molecular formula is C10H11BrO. The molecule has 0 aromatic heterocycles. The van der Waals surface area contributed by atoms with Crippen LogP contribution < -0.4 is 0 Å². The average molecular weight is 227 g/mol. The number of aliphatic hydroxyl groups is 1. The zero-order chi connectivity index (χ0) is 8.55. The summed E-state index contributed by atoms with van der Waals surface area (Å²) in [6, 6.07) is 6.12. The molecule has 0 heterocycles. The molecule has 1 nitrogen and oxygen atoms in total. The molecular weight excluding hydrogens is 216 g/mol. The molecule has 0 spiro atoms. The van der Waals surface area contributed by atoms with Crippen LogP contribution >= 0.6 is 15.9 Å². The normalized spacial score (nSPS) is 22.0. The van der Waals surface area contributed by atoms with E-state index in [0.29, 0.717) is 0 Å². The van der Waals surface area contributed by atoms with Crippen LogP contribution in [0.25, 0.3) is 0 Å². The summed E-state index contributed by atoms with van der Waals surface area (Å²) in [4.78, 5) is 0. The van der Waals surface area contributed by atoms with E-state index in [9.17, 15) is 5.11 Å². The molecule has 0 aliphatic heterocycles. The van der Waals surface area contributed by atoms with Crippen molar-refractivity contribution in [3.05, 3.63) is 33.8 Å². The number of aryl methyl sites for hydroxylation is 1. The van der Waals surface area contributed by atoms with Gasteiger partial charge in [0.1, 0.15) is 0 Å². The number of rotatable bonds is 0. The van der Waals surface area contributed by atoms with E-state index in [0.717, 1.165) is 29.3 Å². The van der Waals surface area contributed by atoms with E-state index in [2.05, 4.69) is 22.0 Å². The van der Waals surface area contributed by atoms with Gasteiger partial charge in [0.25, 0.3) is 0 Å². The summed E-state index contributed by atoms with van der Waals surface area (Å²) < 4.78 is 1.11. The summed E-state index contributed by atoms with van der Waals surface area (Å²) in [5.41, 5.74) is 2.41. The number of benzene rings is 1. The van der Waals surface area contributed by atoms with Crippen LogP contribution in [0.5, 0.6) is 0 Å². The Hall–Kier alpha value is -0.340. The van der Waals surface area contributed by atoms with Gasteiger partial charge in [0.2, 0.25) is 0 Å². The van der Waals surface area contributed by atoms with Crippen molar-refractivity contribution in [2.24, 2.45) is 0 Å². The summed E-state index contributed by atoms with van der Waals surface area (Å²) in [5, 5.41) is 9.64. The minimum Gasteiger partial charge on any atom is -0.388 e. The molecule has 1 aromatic carbocycles. The number of hydrogen-bond donors (Lipinski definition) is 1. The van der Waals surface area contributed by atoms with E-state index < -0.39 is 0 Å². The fourth-order valence-corrected chi connectivity index (χ4v) is 2.17. The lowest BCUT2D eigenvalue weighted by Crippen LogP contribution is -2.08. The predicted molar refractivity (Wildman–Crippen MR) is 52.0 cm³/mol. The summed E-state index contributed by atoms with van der Waals surface area (Å²) in [6.07, 6.45) is 2.88. The molecule has 0 bridgehead atoms. The summed E-state index contributed by atoms with van der Waals surface area (Å²) in [7, 11) is 0. The Balaban J connectivity index is 2.46. The predicted octanol–water partition coefficient (Wildman–Crippen LogP) is 2.82. The first kappa shape index (κ1) is 8.27. The lowest BCUT2D eigenvalue weighted by atomic mass is 9.90. The number of aliphatic hydroxyl groups excluding tert-OH is 1. The second kappa shape index (κ2) is 3.19. The van der Waals surface area contributed by atoms with Crippen molar-refractivity contribution in [1.82, 2.24) is 0 Å². The SMILES string of the molecule is O[C@H]1CCCc2cc(Br)ccc21. The third-order valence-electron chi connectivity index (χ3n) is 2.39.